The SMILES string of the molecule is O=S(=O)(Cl)c1ccccc1CCC1(Cl)CCCC[Si]1(Cl)Cl. The van der Waals surface area contributed by atoms with Gasteiger partial charge in [-0.3, -0.25) is 0 Å². The fraction of sp³-hybridized carbons (Fsp3) is 0.538. The zero-order valence-corrected chi connectivity index (χ0v) is 16.1. The molecule has 1 aliphatic heterocycles. The lowest BCUT2D eigenvalue weighted by Crippen LogP contribution is -2.49. The maximum absolute atomic E-state index is 11.6. The summed E-state index contributed by atoms with van der Waals surface area (Å²) in [6.45, 7) is -2.53. The molecule has 1 saturated heterocycles. The fourth-order valence-electron chi connectivity index (χ4n) is 2.75. The maximum atomic E-state index is 11.6. The van der Waals surface area contributed by atoms with Crippen LogP contribution in [0.4, 0.5) is 0 Å². The highest BCUT2D eigenvalue weighted by Crippen LogP contribution is 2.48. The van der Waals surface area contributed by atoms with Crippen molar-refractivity contribution < 1.29 is 8.42 Å². The van der Waals surface area contributed by atoms with Crippen molar-refractivity contribution in [2.75, 3.05) is 0 Å². The molecule has 2 rings (SSSR count). The zero-order valence-electron chi connectivity index (χ0n) is 11.3. The molecule has 0 bridgehead atoms. The molecule has 1 unspecified atom stereocenters. The van der Waals surface area contributed by atoms with E-state index in [0.717, 1.165) is 25.3 Å². The molecule has 1 aliphatic rings. The monoisotopic (exact) mass is 404 g/mol. The minimum Gasteiger partial charge on any atom is -0.207 e. The quantitative estimate of drug-likeness (QED) is 0.299. The second kappa shape index (κ2) is 6.58. The molecule has 21 heavy (non-hydrogen) atoms. The first-order valence-corrected chi connectivity index (χ1v) is 13.7. The Morgan fingerprint density at radius 3 is 2.48 bits per heavy atom. The Morgan fingerprint density at radius 2 is 1.86 bits per heavy atom. The summed E-state index contributed by atoms with van der Waals surface area (Å²) in [4.78, 5) is 0.138. The van der Waals surface area contributed by atoms with Crippen molar-refractivity contribution in [2.24, 2.45) is 0 Å². The average Bonchev–Trinajstić information content (AvgIpc) is 2.39. The normalized spacial score (nSPS) is 25.7. The van der Waals surface area contributed by atoms with Crippen LogP contribution in [0.3, 0.4) is 0 Å². The van der Waals surface area contributed by atoms with Gasteiger partial charge in [-0.15, -0.1) is 33.8 Å². The molecule has 1 aromatic rings. The highest BCUT2D eigenvalue weighted by Gasteiger charge is 2.52. The molecule has 1 atom stereocenters. The molecule has 8 heteroatoms. The van der Waals surface area contributed by atoms with E-state index in [0.29, 0.717) is 18.4 Å². The van der Waals surface area contributed by atoms with Crippen LogP contribution >= 0.6 is 44.4 Å². The van der Waals surface area contributed by atoms with E-state index in [9.17, 15) is 8.42 Å². The van der Waals surface area contributed by atoms with Crippen LogP contribution < -0.4 is 0 Å². The number of benzene rings is 1. The second-order valence-electron chi connectivity index (χ2n) is 5.42. The first kappa shape index (κ1) is 17.9. The molecule has 2 nitrogen and oxygen atoms in total. The van der Waals surface area contributed by atoms with Gasteiger partial charge in [0.25, 0.3) is 15.7 Å². The van der Waals surface area contributed by atoms with E-state index in [-0.39, 0.29) is 4.90 Å². The predicted molar refractivity (Wildman–Crippen MR) is 92.5 cm³/mol. The average molecular weight is 406 g/mol. The highest BCUT2D eigenvalue weighted by molar-refractivity contribution is 8.13. The number of alkyl halides is 1. The van der Waals surface area contributed by atoms with Gasteiger partial charge in [0.15, 0.2) is 0 Å². The molecule has 0 aromatic heterocycles. The van der Waals surface area contributed by atoms with Crippen molar-refractivity contribution in [3.05, 3.63) is 29.8 Å². The molecule has 0 saturated carbocycles. The van der Waals surface area contributed by atoms with Crippen LogP contribution in [0.25, 0.3) is 0 Å². The fourth-order valence-corrected chi connectivity index (χ4v) is 8.55. The summed E-state index contributed by atoms with van der Waals surface area (Å²) in [5.41, 5.74) is 0.663. The summed E-state index contributed by atoms with van der Waals surface area (Å²) in [5.74, 6) is 0. The molecule has 0 radical (unpaired) electrons. The standard InChI is InChI=1S/C13H16Cl4O2SSi/c14-13(8-3-4-10-21(13,16)17)9-7-11-5-1-2-6-12(11)20(15,18)19/h1-2,5-6H,3-4,7-10H2. The smallest absolute Gasteiger partial charge is 0.207 e. The lowest BCUT2D eigenvalue weighted by molar-refractivity contribution is 0.551. The van der Waals surface area contributed by atoms with Gasteiger partial charge in [0, 0.05) is 10.7 Å². The van der Waals surface area contributed by atoms with Gasteiger partial charge in [-0.25, -0.2) is 8.42 Å². The van der Waals surface area contributed by atoms with Crippen LogP contribution in [0.15, 0.2) is 29.2 Å². The molecule has 0 amide bonds. The summed E-state index contributed by atoms with van der Waals surface area (Å²) in [6, 6.07) is 7.48. The molecular formula is C13H16Cl4O2SSi. The van der Waals surface area contributed by atoms with Crippen molar-refractivity contribution in [3.63, 3.8) is 0 Å². The number of aryl methyl sites for hydroxylation is 1. The van der Waals surface area contributed by atoms with E-state index in [2.05, 4.69) is 0 Å². The summed E-state index contributed by atoms with van der Waals surface area (Å²) >= 11 is 19.7. The molecule has 0 aliphatic carbocycles. The van der Waals surface area contributed by atoms with Crippen LogP contribution in [0.5, 0.6) is 0 Å². The van der Waals surface area contributed by atoms with Crippen LogP contribution in [-0.2, 0) is 15.5 Å². The van der Waals surface area contributed by atoms with E-state index in [4.69, 9.17) is 44.4 Å². The maximum Gasteiger partial charge on any atom is 0.271 e. The minimum absolute atomic E-state index is 0.138. The van der Waals surface area contributed by atoms with Crippen LogP contribution in [0.2, 0.25) is 6.04 Å². The number of hydrogen-bond acceptors (Lipinski definition) is 2. The largest absolute Gasteiger partial charge is 0.271 e. The van der Waals surface area contributed by atoms with E-state index in [1.54, 1.807) is 18.2 Å². The van der Waals surface area contributed by atoms with Gasteiger partial charge in [-0.1, -0.05) is 31.0 Å². The van der Waals surface area contributed by atoms with Crippen molar-refractivity contribution in [1.29, 1.82) is 0 Å². The first-order chi connectivity index (χ1) is 9.66. The Balaban J connectivity index is 2.21. The molecule has 118 valence electrons. The topological polar surface area (TPSA) is 34.1 Å². The third kappa shape index (κ3) is 4.09. The van der Waals surface area contributed by atoms with Crippen molar-refractivity contribution >= 4 is 60.2 Å². The molecule has 1 aromatic carbocycles. The predicted octanol–water partition coefficient (Wildman–Crippen LogP) is 5.17. The number of halogens is 4. The molecular weight excluding hydrogens is 390 g/mol. The lowest BCUT2D eigenvalue weighted by Gasteiger charge is -2.40. The van der Waals surface area contributed by atoms with E-state index >= 15 is 0 Å². The molecule has 1 heterocycles. The van der Waals surface area contributed by atoms with Gasteiger partial charge in [-0.2, -0.15) is 0 Å². The molecule has 0 N–H and O–H groups in total. The lowest BCUT2D eigenvalue weighted by atomic mass is 10.0. The van der Waals surface area contributed by atoms with Gasteiger partial charge in [0.05, 0.1) is 9.39 Å². The Bertz CT molecular complexity index is 620. The Kier molecular flexibility index (Phi) is 5.60. The van der Waals surface area contributed by atoms with Gasteiger partial charge in [0.1, 0.15) is 0 Å². The molecule has 1 fully saturated rings. The molecule has 0 spiro atoms. The third-order valence-corrected chi connectivity index (χ3v) is 13.4. The summed E-state index contributed by atoms with van der Waals surface area (Å²) in [7, 11) is 1.71. The highest BCUT2D eigenvalue weighted by atomic mass is 35.7. The third-order valence-electron chi connectivity index (χ3n) is 4.00. The van der Waals surface area contributed by atoms with E-state index < -0.39 is 20.2 Å². The number of rotatable bonds is 4. The van der Waals surface area contributed by atoms with Crippen molar-refractivity contribution in [3.8, 4) is 0 Å². The summed E-state index contributed by atoms with van der Waals surface area (Å²) in [6.07, 6.45) is 3.87. The van der Waals surface area contributed by atoms with Crippen LogP contribution in [0.1, 0.15) is 31.2 Å². The summed E-state index contributed by atoms with van der Waals surface area (Å²) in [5, 5.41) is 0. The zero-order chi connectivity index (χ0) is 15.7. The van der Waals surface area contributed by atoms with Crippen LogP contribution in [-0.4, -0.2) is 19.6 Å². The van der Waals surface area contributed by atoms with Gasteiger partial charge < -0.3 is 0 Å². The Labute approximate surface area is 145 Å². The van der Waals surface area contributed by atoms with Gasteiger partial charge in [0.2, 0.25) is 0 Å². The van der Waals surface area contributed by atoms with Crippen molar-refractivity contribution in [1.82, 2.24) is 0 Å². The van der Waals surface area contributed by atoms with Gasteiger partial charge in [-0.05, 0) is 36.9 Å². The minimum atomic E-state index is -3.76. The first-order valence-electron chi connectivity index (χ1n) is 6.75. The van der Waals surface area contributed by atoms with E-state index in [1.807, 2.05) is 0 Å². The summed E-state index contributed by atoms with van der Waals surface area (Å²) < 4.78 is 22.6. The Morgan fingerprint density at radius 1 is 1.19 bits per heavy atom. The second-order valence-corrected chi connectivity index (χ2v) is 16.3. The Hall–Kier alpha value is 0.547. The van der Waals surface area contributed by atoms with Gasteiger partial charge >= 0.3 is 0 Å². The van der Waals surface area contributed by atoms with E-state index in [1.165, 1.54) is 6.07 Å². The van der Waals surface area contributed by atoms with Crippen molar-refractivity contribution in [2.45, 2.75) is 47.5 Å². The number of hydrogen-bond donors (Lipinski definition) is 0. The van der Waals surface area contributed by atoms with Crippen LogP contribution in [0, 0.1) is 0 Å².